The Bertz CT molecular complexity index is 829. The lowest BCUT2D eigenvalue weighted by Gasteiger charge is -2.21. The van der Waals surface area contributed by atoms with Crippen LogP contribution in [0.2, 0.25) is 0 Å². The minimum absolute atomic E-state index is 0.207. The van der Waals surface area contributed by atoms with Gasteiger partial charge < -0.3 is 19.7 Å². The molecular formula is C21H23FN2O5. The SMILES string of the molecule is CCN(Cc1cccc(F)c1)C(=O)COC(=O)CNC(=O)COc1ccccc1. The van der Waals surface area contributed by atoms with Crippen LogP contribution < -0.4 is 10.1 Å². The van der Waals surface area contributed by atoms with Gasteiger partial charge in [0.15, 0.2) is 13.2 Å². The molecule has 0 aliphatic heterocycles. The fourth-order valence-corrected chi connectivity index (χ4v) is 2.40. The molecule has 2 aromatic carbocycles. The fourth-order valence-electron chi connectivity index (χ4n) is 2.40. The van der Waals surface area contributed by atoms with Crippen molar-refractivity contribution in [3.8, 4) is 5.75 Å². The van der Waals surface area contributed by atoms with E-state index in [0.29, 0.717) is 17.9 Å². The Morgan fingerprint density at radius 2 is 1.79 bits per heavy atom. The van der Waals surface area contributed by atoms with Crippen molar-refractivity contribution >= 4 is 17.8 Å². The van der Waals surface area contributed by atoms with Gasteiger partial charge in [0.1, 0.15) is 18.1 Å². The standard InChI is InChI=1S/C21H23FN2O5/c1-2-24(13-16-7-6-8-17(22)11-16)20(26)15-29-21(27)12-23-19(25)14-28-18-9-4-3-5-10-18/h3-11H,2,12-15H2,1H3,(H,23,25). The summed E-state index contributed by atoms with van der Waals surface area (Å²) in [6.07, 6.45) is 0. The Kier molecular flexibility index (Phi) is 8.62. The van der Waals surface area contributed by atoms with Crippen molar-refractivity contribution in [2.75, 3.05) is 26.3 Å². The smallest absolute Gasteiger partial charge is 0.325 e. The number of halogens is 1. The van der Waals surface area contributed by atoms with Crippen LogP contribution in [0.25, 0.3) is 0 Å². The Balaban J connectivity index is 1.68. The predicted molar refractivity (Wildman–Crippen MR) is 103 cm³/mol. The Hall–Kier alpha value is -3.42. The summed E-state index contributed by atoms with van der Waals surface area (Å²) in [5, 5.41) is 2.36. The number of nitrogens with zero attached hydrogens (tertiary/aromatic N) is 1. The Labute approximate surface area is 168 Å². The van der Waals surface area contributed by atoms with Crippen molar-refractivity contribution < 1.29 is 28.2 Å². The van der Waals surface area contributed by atoms with E-state index in [-0.39, 0.29) is 25.5 Å². The minimum atomic E-state index is -0.742. The molecule has 2 aromatic rings. The van der Waals surface area contributed by atoms with Gasteiger partial charge in [-0.2, -0.15) is 0 Å². The van der Waals surface area contributed by atoms with Crippen LogP contribution in [0.3, 0.4) is 0 Å². The molecule has 0 bridgehead atoms. The first-order valence-corrected chi connectivity index (χ1v) is 9.10. The van der Waals surface area contributed by atoms with Crippen LogP contribution in [0.15, 0.2) is 54.6 Å². The molecule has 0 aromatic heterocycles. The van der Waals surface area contributed by atoms with Crippen molar-refractivity contribution in [1.29, 1.82) is 0 Å². The summed E-state index contributed by atoms with van der Waals surface area (Å²) in [6.45, 7) is 1.27. The molecule has 0 heterocycles. The van der Waals surface area contributed by atoms with E-state index < -0.39 is 24.4 Å². The number of esters is 1. The van der Waals surface area contributed by atoms with E-state index in [0.717, 1.165) is 0 Å². The number of benzene rings is 2. The maximum atomic E-state index is 13.3. The van der Waals surface area contributed by atoms with Crippen molar-refractivity contribution in [1.82, 2.24) is 10.2 Å². The predicted octanol–water partition coefficient (Wildman–Crippen LogP) is 1.91. The van der Waals surface area contributed by atoms with Crippen LogP contribution >= 0.6 is 0 Å². The molecule has 154 valence electrons. The summed E-state index contributed by atoms with van der Waals surface area (Å²) in [6, 6.07) is 14.7. The second-order valence-corrected chi connectivity index (χ2v) is 6.08. The van der Waals surface area contributed by atoms with E-state index in [2.05, 4.69) is 5.32 Å². The largest absolute Gasteiger partial charge is 0.484 e. The van der Waals surface area contributed by atoms with Crippen LogP contribution in [0.1, 0.15) is 12.5 Å². The highest BCUT2D eigenvalue weighted by Gasteiger charge is 2.15. The number of ether oxygens (including phenoxy) is 2. The molecule has 0 saturated carbocycles. The first kappa shape index (κ1) is 21.9. The third kappa shape index (κ3) is 8.00. The summed E-state index contributed by atoms with van der Waals surface area (Å²) in [5.74, 6) is -1.49. The average molecular weight is 402 g/mol. The number of amides is 2. The second kappa shape index (κ2) is 11.4. The summed E-state index contributed by atoms with van der Waals surface area (Å²) in [4.78, 5) is 37.1. The number of nitrogens with one attached hydrogen (secondary N) is 1. The van der Waals surface area contributed by atoms with E-state index >= 15 is 0 Å². The number of para-hydroxylation sites is 1. The molecule has 0 aliphatic carbocycles. The second-order valence-electron chi connectivity index (χ2n) is 6.08. The molecule has 0 spiro atoms. The van der Waals surface area contributed by atoms with E-state index in [9.17, 15) is 18.8 Å². The monoisotopic (exact) mass is 402 g/mol. The number of hydrogen-bond acceptors (Lipinski definition) is 5. The minimum Gasteiger partial charge on any atom is -0.484 e. The van der Waals surface area contributed by atoms with Gasteiger partial charge in [-0.05, 0) is 36.8 Å². The maximum absolute atomic E-state index is 13.3. The van der Waals surface area contributed by atoms with Gasteiger partial charge in [-0.25, -0.2) is 4.39 Å². The quantitative estimate of drug-likeness (QED) is 0.614. The zero-order valence-corrected chi connectivity index (χ0v) is 16.1. The van der Waals surface area contributed by atoms with Gasteiger partial charge in [-0.1, -0.05) is 30.3 Å². The highest BCUT2D eigenvalue weighted by molar-refractivity contribution is 5.84. The van der Waals surface area contributed by atoms with Gasteiger partial charge >= 0.3 is 5.97 Å². The normalized spacial score (nSPS) is 10.1. The van der Waals surface area contributed by atoms with Gasteiger partial charge in [0.25, 0.3) is 11.8 Å². The van der Waals surface area contributed by atoms with Crippen LogP contribution in [-0.2, 0) is 25.7 Å². The molecule has 1 N–H and O–H groups in total. The Morgan fingerprint density at radius 1 is 1.03 bits per heavy atom. The summed E-state index contributed by atoms with van der Waals surface area (Å²) in [7, 11) is 0. The molecule has 2 amide bonds. The van der Waals surface area contributed by atoms with Crippen molar-refractivity contribution in [2.45, 2.75) is 13.5 Å². The molecule has 2 rings (SSSR count). The summed E-state index contributed by atoms with van der Waals surface area (Å²) < 4.78 is 23.4. The summed E-state index contributed by atoms with van der Waals surface area (Å²) in [5.41, 5.74) is 0.636. The van der Waals surface area contributed by atoms with E-state index in [1.54, 1.807) is 43.3 Å². The van der Waals surface area contributed by atoms with Crippen LogP contribution in [-0.4, -0.2) is 49.0 Å². The molecule has 29 heavy (non-hydrogen) atoms. The lowest BCUT2D eigenvalue weighted by atomic mass is 10.2. The van der Waals surface area contributed by atoms with E-state index in [4.69, 9.17) is 9.47 Å². The number of hydrogen-bond donors (Lipinski definition) is 1. The first-order valence-electron chi connectivity index (χ1n) is 9.10. The average Bonchev–Trinajstić information content (AvgIpc) is 2.73. The fraction of sp³-hybridized carbons (Fsp3) is 0.286. The molecule has 8 heteroatoms. The molecule has 0 unspecified atom stereocenters. The van der Waals surface area contributed by atoms with Crippen LogP contribution in [0, 0.1) is 5.82 Å². The molecule has 0 atom stereocenters. The summed E-state index contributed by atoms with van der Waals surface area (Å²) >= 11 is 0. The van der Waals surface area contributed by atoms with E-state index in [1.165, 1.54) is 17.0 Å². The number of likely N-dealkylation sites (N-methyl/N-ethyl adjacent to an activating group) is 1. The number of carbonyl (C=O) groups is 3. The molecule has 0 fully saturated rings. The lowest BCUT2D eigenvalue weighted by molar-refractivity contribution is -0.152. The topological polar surface area (TPSA) is 84.9 Å². The van der Waals surface area contributed by atoms with Gasteiger partial charge in [-0.3, -0.25) is 14.4 Å². The number of rotatable bonds is 10. The van der Waals surface area contributed by atoms with Crippen molar-refractivity contribution in [2.24, 2.45) is 0 Å². The zero-order valence-electron chi connectivity index (χ0n) is 16.1. The highest BCUT2D eigenvalue weighted by Crippen LogP contribution is 2.08. The van der Waals surface area contributed by atoms with Crippen molar-refractivity contribution in [3.63, 3.8) is 0 Å². The molecular weight excluding hydrogens is 379 g/mol. The van der Waals surface area contributed by atoms with Gasteiger partial charge in [0, 0.05) is 13.1 Å². The third-order valence-electron chi connectivity index (χ3n) is 3.90. The number of carbonyl (C=O) groups excluding carboxylic acids is 3. The molecule has 7 nitrogen and oxygen atoms in total. The molecule has 0 aliphatic rings. The van der Waals surface area contributed by atoms with Crippen LogP contribution in [0.5, 0.6) is 5.75 Å². The van der Waals surface area contributed by atoms with Gasteiger partial charge in [0.2, 0.25) is 0 Å². The lowest BCUT2D eigenvalue weighted by Crippen LogP contribution is -2.37. The zero-order chi connectivity index (χ0) is 21.1. The molecule has 0 saturated heterocycles. The van der Waals surface area contributed by atoms with Crippen LogP contribution in [0.4, 0.5) is 4.39 Å². The highest BCUT2D eigenvalue weighted by atomic mass is 19.1. The maximum Gasteiger partial charge on any atom is 0.325 e. The van der Waals surface area contributed by atoms with Gasteiger partial charge in [-0.15, -0.1) is 0 Å². The van der Waals surface area contributed by atoms with Crippen molar-refractivity contribution in [3.05, 3.63) is 66.0 Å². The third-order valence-corrected chi connectivity index (χ3v) is 3.90. The van der Waals surface area contributed by atoms with E-state index in [1.807, 2.05) is 6.07 Å². The first-order chi connectivity index (χ1) is 14.0. The molecule has 0 radical (unpaired) electrons. The Morgan fingerprint density at radius 3 is 2.48 bits per heavy atom. The van der Waals surface area contributed by atoms with Gasteiger partial charge in [0.05, 0.1) is 0 Å².